The highest BCUT2D eigenvalue weighted by Gasteiger charge is 2.18. The lowest BCUT2D eigenvalue weighted by atomic mass is 10.0. The van der Waals surface area contributed by atoms with Gasteiger partial charge in [0.25, 0.3) is 0 Å². The molecule has 1 heterocycles. The van der Waals surface area contributed by atoms with E-state index < -0.39 is 5.82 Å². The molecular weight excluding hydrogens is 243 g/mol. The quantitative estimate of drug-likeness (QED) is 0.872. The molecule has 1 atom stereocenters. The number of amides is 1. The lowest BCUT2D eigenvalue weighted by Gasteiger charge is -2.10. The predicted octanol–water partition coefficient (Wildman–Crippen LogP) is 2.42. The van der Waals surface area contributed by atoms with Crippen LogP contribution < -0.4 is 10.6 Å². The Morgan fingerprint density at radius 2 is 2.41 bits per heavy atom. The van der Waals surface area contributed by atoms with Gasteiger partial charge < -0.3 is 10.6 Å². The number of benzene rings is 1. The molecule has 3 nitrogen and oxygen atoms in total. The highest BCUT2D eigenvalue weighted by atomic mass is 35.5. The largest absolute Gasteiger partial charge is 0.325 e. The number of nitrogens with one attached hydrogen (secondary N) is 2. The van der Waals surface area contributed by atoms with Crippen molar-refractivity contribution in [1.29, 1.82) is 0 Å². The number of hydrogen-bond acceptors (Lipinski definition) is 2. The Bertz CT molecular complexity index is 419. The van der Waals surface area contributed by atoms with Gasteiger partial charge >= 0.3 is 0 Å². The lowest BCUT2D eigenvalue weighted by Crippen LogP contribution is -2.18. The summed E-state index contributed by atoms with van der Waals surface area (Å²) < 4.78 is 13.0. The van der Waals surface area contributed by atoms with Gasteiger partial charge in [0.1, 0.15) is 5.82 Å². The van der Waals surface area contributed by atoms with Gasteiger partial charge in [-0.15, -0.1) is 0 Å². The maximum atomic E-state index is 13.0. The molecule has 2 rings (SSSR count). The second kappa shape index (κ2) is 5.47. The molecule has 0 aromatic heterocycles. The molecule has 1 unspecified atom stereocenters. The van der Waals surface area contributed by atoms with E-state index in [4.69, 9.17) is 11.6 Å². The highest BCUT2D eigenvalue weighted by Crippen LogP contribution is 2.23. The van der Waals surface area contributed by atoms with Gasteiger partial charge in [0.05, 0.1) is 10.7 Å². The molecular formula is C12H14ClFN2O. The van der Waals surface area contributed by atoms with Gasteiger partial charge in [-0.1, -0.05) is 11.6 Å². The Kier molecular flexibility index (Phi) is 3.97. The molecule has 0 bridgehead atoms. The maximum Gasteiger partial charge on any atom is 0.224 e. The van der Waals surface area contributed by atoms with Gasteiger partial charge in [0, 0.05) is 6.42 Å². The number of rotatable bonds is 3. The molecule has 92 valence electrons. The summed E-state index contributed by atoms with van der Waals surface area (Å²) in [7, 11) is 0. The van der Waals surface area contributed by atoms with Crippen LogP contribution in [0.3, 0.4) is 0 Å². The summed E-state index contributed by atoms with van der Waals surface area (Å²) in [6.07, 6.45) is 1.45. The van der Waals surface area contributed by atoms with E-state index >= 15 is 0 Å². The highest BCUT2D eigenvalue weighted by molar-refractivity contribution is 6.33. The van der Waals surface area contributed by atoms with Crippen LogP contribution in [-0.4, -0.2) is 19.0 Å². The van der Waals surface area contributed by atoms with E-state index in [1.54, 1.807) is 0 Å². The van der Waals surface area contributed by atoms with E-state index in [0.29, 0.717) is 23.0 Å². The Hall–Kier alpha value is -1.13. The Morgan fingerprint density at radius 3 is 3.12 bits per heavy atom. The van der Waals surface area contributed by atoms with Crippen molar-refractivity contribution in [2.75, 3.05) is 18.4 Å². The van der Waals surface area contributed by atoms with E-state index in [-0.39, 0.29) is 5.91 Å². The van der Waals surface area contributed by atoms with Crippen molar-refractivity contribution in [2.45, 2.75) is 12.8 Å². The van der Waals surface area contributed by atoms with Crippen LogP contribution in [0, 0.1) is 11.7 Å². The minimum absolute atomic E-state index is 0.119. The molecule has 0 aliphatic carbocycles. The zero-order chi connectivity index (χ0) is 12.3. The van der Waals surface area contributed by atoms with Crippen molar-refractivity contribution in [3.63, 3.8) is 0 Å². The molecule has 17 heavy (non-hydrogen) atoms. The van der Waals surface area contributed by atoms with Crippen molar-refractivity contribution in [1.82, 2.24) is 5.32 Å². The van der Waals surface area contributed by atoms with Crippen molar-refractivity contribution in [3.8, 4) is 0 Å². The van der Waals surface area contributed by atoms with E-state index in [2.05, 4.69) is 10.6 Å². The summed E-state index contributed by atoms with van der Waals surface area (Å²) in [4.78, 5) is 11.7. The molecule has 1 aromatic rings. The minimum Gasteiger partial charge on any atom is -0.325 e. The van der Waals surface area contributed by atoms with Crippen LogP contribution in [0.25, 0.3) is 0 Å². The van der Waals surface area contributed by atoms with Crippen LogP contribution in [0.1, 0.15) is 12.8 Å². The third kappa shape index (κ3) is 3.41. The number of anilines is 1. The third-order valence-corrected chi connectivity index (χ3v) is 3.17. The molecule has 1 amide bonds. The molecule has 1 fully saturated rings. The smallest absolute Gasteiger partial charge is 0.224 e. The van der Waals surface area contributed by atoms with Crippen LogP contribution in [0.4, 0.5) is 10.1 Å². The van der Waals surface area contributed by atoms with Crippen molar-refractivity contribution in [3.05, 3.63) is 29.0 Å². The third-order valence-electron chi connectivity index (χ3n) is 2.84. The van der Waals surface area contributed by atoms with Crippen molar-refractivity contribution >= 4 is 23.2 Å². The van der Waals surface area contributed by atoms with Crippen LogP contribution in [0.2, 0.25) is 5.02 Å². The Balaban J connectivity index is 1.95. The average molecular weight is 257 g/mol. The van der Waals surface area contributed by atoms with Crippen molar-refractivity contribution in [2.24, 2.45) is 5.92 Å². The maximum absolute atomic E-state index is 13.0. The van der Waals surface area contributed by atoms with Crippen molar-refractivity contribution < 1.29 is 9.18 Å². The van der Waals surface area contributed by atoms with Crippen LogP contribution in [0.5, 0.6) is 0 Å². The van der Waals surface area contributed by atoms with Gasteiger partial charge in [-0.3, -0.25) is 4.79 Å². The lowest BCUT2D eigenvalue weighted by molar-refractivity contribution is -0.116. The van der Waals surface area contributed by atoms with Gasteiger partial charge in [-0.05, 0) is 43.6 Å². The topological polar surface area (TPSA) is 41.1 Å². The summed E-state index contributed by atoms with van der Waals surface area (Å²) in [6.45, 7) is 1.82. The van der Waals surface area contributed by atoms with E-state index in [0.717, 1.165) is 19.5 Å². The zero-order valence-corrected chi connectivity index (χ0v) is 10.1. The van der Waals surface area contributed by atoms with Crippen LogP contribution >= 0.6 is 11.6 Å². The second-order valence-corrected chi connectivity index (χ2v) is 4.64. The molecule has 0 spiro atoms. The summed E-state index contributed by atoms with van der Waals surface area (Å²) >= 11 is 5.86. The normalized spacial score (nSPS) is 19.3. The van der Waals surface area contributed by atoms with Crippen LogP contribution in [0.15, 0.2) is 18.2 Å². The molecule has 0 saturated carbocycles. The first-order valence-electron chi connectivity index (χ1n) is 5.61. The molecule has 2 N–H and O–H groups in total. The number of halogens is 2. The summed E-state index contributed by atoms with van der Waals surface area (Å²) in [5.41, 5.74) is 0.336. The average Bonchev–Trinajstić information content (AvgIpc) is 2.76. The molecule has 0 radical (unpaired) electrons. The summed E-state index contributed by atoms with van der Waals surface area (Å²) in [5, 5.41) is 6.19. The Labute approximate surface area is 104 Å². The monoisotopic (exact) mass is 256 g/mol. The van der Waals surface area contributed by atoms with Gasteiger partial charge in [-0.2, -0.15) is 0 Å². The first-order chi connectivity index (χ1) is 8.15. The fraction of sp³-hybridized carbons (Fsp3) is 0.417. The minimum atomic E-state index is -0.410. The van der Waals surface area contributed by atoms with E-state index in [1.165, 1.54) is 18.2 Å². The standard InChI is InChI=1S/C12H14ClFN2O/c13-10-2-1-9(14)6-11(10)16-12(17)5-8-3-4-15-7-8/h1-2,6,8,15H,3-5,7H2,(H,16,17). The van der Waals surface area contributed by atoms with E-state index in [1.807, 2.05) is 0 Å². The molecule has 1 aromatic carbocycles. The number of carbonyl (C=O) groups is 1. The predicted molar refractivity (Wildman–Crippen MR) is 65.6 cm³/mol. The first kappa shape index (κ1) is 12.3. The van der Waals surface area contributed by atoms with Gasteiger partial charge in [0.15, 0.2) is 0 Å². The fourth-order valence-corrected chi connectivity index (χ4v) is 2.11. The fourth-order valence-electron chi connectivity index (χ4n) is 1.95. The first-order valence-corrected chi connectivity index (χ1v) is 5.98. The number of hydrogen-bond donors (Lipinski definition) is 2. The molecule has 1 saturated heterocycles. The SMILES string of the molecule is O=C(CC1CCNC1)Nc1cc(F)ccc1Cl. The number of carbonyl (C=O) groups excluding carboxylic acids is 1. The molecule has 1 aliphatic rings. The van der Waals surface area contributed by atoms with Gasteiger partial charge in [-0.25, -0.2) is 4.39 Å². The summed E-state index contributed by atoms with van der Waals surface area (Å²) in [6, 6.07) is 3.93. The van der Waals surface area contributed by atoms with E-state index in [9.17, 15) is 9.18 Å². The van der Waals surface area contributed by atoms with Gasteiger partial charge in [0.2, 0.25) is 5.91 Å². The zero-order valence-electron chi connectivity index (χ0n) is 9.30. The molecule has 1 aliphatic heterocycles. The summed E-state index contributed by atoms with van der Waals surface area (Å²) in [5.74, 6) is -0.166. The molecule has 5 heteroatoms. The van der Waals surface area contributed by atoms with Crippen LogP contribution in [-0.2, 0) is 4.79 Å². The second-order valence-electron chi connectivity index (χ2n) is 4.24. The Morgan fingerprint density at radius 1 is 1.59 bits per heavy atom.